The van der Waals surface area contributed by atoms with Crippen molar-refractivity contribution in [3.8, 4) is 0 Å². The number of esters is 2. The molecule has 0 rings (SSSR count). The molecule has 9 nitrogen and oxygen atoms in total. The highest BCUT2D eigenvalue weighted by atomic mass is 31.2. The van der Waals surface area contributed by atoms with Crippen LogP contribution in [0.1, 0.15) is 290 Å². The first-order chi connectivity index (χ1) is 34.5. The second-order valence-electron chi connectivity index (χ2n) is 21.7. The van der Waals surface area contributed by atoms with E-state index in [1.165, 1.54) is 199 Å². The highest BCUT2D eigenvalue weighted by Crippen LogP contribution is 2.38. The van der Waals surface area contributed by atoms with Crippen molar-refractivity contribution in [3.63, 3.8) is 0 Å². The van der Waals surface area contributed by atoms with E-state index in [0.717, 1.165) is 57.8 Å². The van der Waals surface area contributed by atoms with Crippen LogP contribution in [0.15, 0.2) is 36.5 Å². The minimum Gasteiger partial charge on any atom is -0.756 e. The molecule has 418 valence electrons. The number of likely N-dealkylation sites (N-methyl/N-ethyl adjacent to an activating group) is 1. The third kappa shape index (κ3) is 57.4. The minimum atomic E-state index is -4.64. The van der Waals surface area contributed by atoms with Crippen LogP contribution < -0.4 is 4.89 Å². The molecule has 71 heavy (non-hydrogen) atoms. The van der Waals surface area contributed by atoms with E-state index in [0.29, 0.717) is 17.4 Å². The molecule has 10 heteroatoms. The summed E-state index contributed by atoms with van der Waals surface area (Å²) in [5, 5.41) is 0. The highest BCUT2D eigenvalue weighted by molar-refractivity contribution is 7.45. The molecule has 2 atom stereocenters. The molecule has 0 saturated carbocycles. The van der Waals surface area contributed by atoms with Gasteiger partial charge in [-0.05, 0) is 70.6 Å². The average molecular weight is 1020 g/mol. The van der Waals surface area contributed by atoms with Gasteiger partial charge >= 0.3 is 11.9 Å². The Morgan fingerprint density at radius 2 is 0.761 bits per heavy atom. The minimum absolute atomic E-state index is 0.0324. The molecule has 0 radical (unpaired) electrons. The number of unbranched alkanes of at least 4 members (excludes halogenated alkanes) is 36. The zero-order valence-corrected chi connectivity index (χ0v) is 48.3. The summed E-state index contributed by atoms with van der Waals surface area (Å²) in [6.07, 6.45) is 65.0. The second kappa shape index (κ2) is 53.1. The Hall–Kier alpha value is -1.77. The van der Waals surface area contributed by atoms with Crippen molar-refractivity contribution in [3.05, 3.63) is 36.5 Å². The third-order valence-corrected chi connectivity index (χ3v) is 14.3. The number of hydrogen-bond donors (Lipinski definition) is 0. The van der Waals surface area contributed by atoms with Gasteiger partial charge in [0.05, 0.1) is 27.7 Å². The molecule has 2 unspecified atom stereocenters. The lowest BCUT2D eigenvalue weighted by Crippen LogP contribution is -2.37. The number of hydrogen-bond acceptors (Lipinski definition) is 8. The number of carbonyl (C=O) groups excluding carboxylic acids is 2. The Morgan fingerprint density at radius 1 is 0.437 bits per heavy atom. The van der Waals surface area contributed by atoms with Crippen LogP contribution in [0.2, 0.25) is 0 Å². The van der Waals surface area contributed by atoms with Gasteiger partial charge in [-0.1, -0.05) is 243 Å². The number of ether oxygens (including phenoxy) is 2. The van der Waals surface area contributed by atoms with Gasteiger partial charge in [-0.15, -0.1) is 0 Å². The molecule has 0 spiro atoms. The predicted molar refractivity (Wildman–Crippen MR) is 301 cm³/mol. The Morgan fingerprint density at radius 3 is 1.14 bits per heavy atom. The molecular weight excluding hydrogens is 906 g/mol. The molecule has 0 aromatic heterocycles. The predicted octanol–water partition coefficient (Wildman–Crippen LogP) is 18.1. The van der Waals surface area contributed by atoms with Gasteiger partial charge in [-0.3, -0.25) is 14.2 Å². The zero-order chi connectivity index (χ0) is 52.0. The van der Waals surface area contributed by atoms with E-state index in [4.69, 9.17) is 18.5 Å². The van der Waals surface area contributed by atoms with E-state index < -0.39 is 26.5 Å². The maximum atomic E-state index is 12.8. The van der Waals surface area contributed by atoms with E-state index in [2.05, 4.69) is 50.3 Å². The first-order valence-electron chi connectivity index (χ1n) is 30.2. The monoisotopic (exact) mass is 1020 g/mol. The summed E-state index contributed by atoms with van der Waals surface area (Å²) in [5.41, 5.74) is 0. The van der Waals surface area contributed by atoms with Crippen molar-refractivity contribution in [2.24, 2.45) is 0 Å². The molecule has 0 bridgehead atoms. The first-order valence-corrected chi connectivity index (χ1v) is 31.7. The summed E-state index contributed by atoms with van der Waals surface area (Å²) in [6.45, 7) is 4.24. The van der Waals surface area contributed by atoms with Crippen molar-refractivity contribution >= 4 is 19.8 Å². The van der Waals surface area contributed by atoms with Crippen LogP contribution in [0.25, 0.3) is 0 Å². The molecule has 0 amide bonds. The fraction of sp³-hybridized carbons (Fsp3) is 0.869. The number of rotatable bonds is 56. The van der Waals surface area contributed by atoms with Gasteiger partial charge < -0.3 is 27.9 Å². The van der Waals surface area contributed by atoms with E-state index >= 15 is 0 Å². The summed E-state index contributed by atoms with van der Waals surface area (Å²) in [7, 11) is 1.17. The largest absolute Gasteiger partial charge is 0.756 e. The lowest BCUT2D eigenvalue weighted by molar-refractivity contribution is -0.870. The summed E-state index contributed by atoms with van der Waals surface area (Å²) in [5.74, 6) is -0.837. The maximum Gasteiger partial charge on any atom is 0.306 e. The van der Waals surface area contributed by atoms with Crippen molar-refractivity contribution in [1.29, 1.82) is 0 Å². The molecule has 0 saturated heterocycles. The molecular formula is C61H116NO8P. The first kappa shape index (κ1) is 69.2. The van der Waals surface area contributed by atoms with Gasteiger partial charge in [0, 0.05) is 12.8 Å². The van der Waals surface area contributed by atoms with Crippen LogP contribution in [0, 0.1) is 0 Å². The summed E-state index contributed by atoms with van der Waals surface area (Å²) in [4.78, 5) is 37.8. The van der Waals surface area contributed by atoms with Gasteiger partial charge in [-0.2, -0.15) is 0 Å². The molecule has 0 aromatic rings. The van der Waals surface area contributed by atoms with Crippen LogP contribution in [-0.4, -0.2) is 70.0 Å². The van der Waals surface area contributed by atoms with Crippen molar-refractivity contribution < 1.29 is 42.1 Å². The quantitative estimate of drug-likeness (QED) is 0.0195. The number of phosphoric acid groups is 1. The molecule has 0 aliphatic carbocycles. The van der Waals surface area contributed by atoms with Crippen molar-refractivity contribution in [1.82, 2.24) is 0 Å². The van der Waals surface area contributed by atoms with Crippen LogP contribution in [0.5, 0.6) is 0 Å². The van der Waals surface area contributed by atoms with E-state index in [1.807, 2.05) is 21.1 Å². The molecule has 0 aromatic carbocycles. The Kier molecular flexibility index (Phi) is 51.7. The second-order valence-corrected chi connectivity index (χ2v) is 23.1. The Balaban J connectivity index is 4.02. The standard InChI is InChI=1S/C61H116NO8P/c1-6-8-10-12-14-16-18-20-22-24-25-26-27-28-29-30-31-32-33-34-35-36-37-38-40-41-43-45-47-49-51-53-60(63)67-57-59(58-69-71(65,66)68-56-55-62(3,4)5)70-61(64)54-52-50-48-46-44-42-39-23-21-19-17-15-13-11-9-7-2/h17,19,23-25,39,59H,6-16,18,20-22,26-38,40-58H2,1-5H3/b19-17-,25-24-,39-23-. The van der Waals surface area contributed by atoms with Crippen molar-refractivity contribution in [2.75, 3.05) is 47.5 Å². The Bertz CT molecular complexity index is 1300. The van der Waals surface area contributed by atoms with Gasteiger partial charge in [0.1, 0.15) is 19.8 Å². The third-order valence-electron chi connectivity index (χ3n) is 13.4. The Labute approximate surface area is 440 Å². The van der Waals surface area contributed by atoms with Crippen molar-refractivity contribution in [2.45, 2.75) is 296 Å². The van der Waals surface area contributed by atoms with Gasteiger partial charge in [0.15, 0.2) is 6.10 Å². The lowest BCUT2D eigenvalue weighted by Gasteiger charge is -2.28. The fourth-order valence-corrected chi connectivity index (χ4v) is 9.41. The number of phosphoric ester groups is 1. The maximum absolute atomic E-state index is 12.8. The molecule has 0 aliphatic heterocycles. The summed E-state index contributed by atoms with van der Waals surface area (Å²) in [6, 6.07) is 0. The molecule has 0 N–H and O–H groups in total. The van der Waals surface area contributed by atoms with Gasteiger partial charge in [0.2, 0.25) is 0 Å². The van der Waals surface area contributed by atoms with Crippen LogP contribution in [0.4, 0.5) is 0 Å². The number of nitrogens with zero attached hydrogens (tertiary/aromatic N) is 1. The van der Waals surface area contributed by atoms with E-state index in [-0.39, 0.29) is 32.0 Å². The zero-order valence-electron chi connectivity index (χ0n) is 47.4. The highest BCUT2D eigenvalue weighted by Gasteiger charge is 2.22. The molecule has 0 heterocycles. The average Bonchev–Trinajstić information content (AvgIpc) is 3.33. The van der Waals surface area contributed by atoms with Crippen LogP contribution in [0.3, 0.4) is 0 Å². The van der Waals surface area contributed by atoms with Crippen LogP contribution >= 0.6 is 7.82 Å². The fourth-order valence-electron chi connectivity index (χ4n) is 8.68. The SMILES string of the molecule is CCCCCC/C=C\C/C=C\CCCCCCCC(=O)OC(COC(=O)CCCCCCCCCCCCCCCCCCCCC/C=C\CCCCCCCCCC)COP(=O)([O-])OCC[N+](C)(C)C. The molecule has 0 aliphatic rings. The summed E-state index contributed by atoms with van der Waals surface area (Å²) < 4.78 is 34.1. The topological polar surface area (TPSA) is 111 Å². The van der Waals surface area contributed by atoms with E-state index in [1.54, 1.807) is 0 Å². The van der Waals surface area contributed by atoms with E-state index in [9.17, 15) is 19.0 Å². The summed E-state index contributed by atoms with van der Waals surface area (Å²) >= 11 is 0. The van der Waals surface area contributed by atoms with Gasteiger partial charge in [-0.25, -0.2) is 0 Å². The normalized spacial score (nSPS) is 13.5. The molecule has 0 fully saturated rings. The van der Waals surface area contributed by atoms with Gasteiger partial charge in [0.25, 0.3) is 7.82 Å². The smallest absolute Gasteiger partial charge is 0.306 e. The van der Waals surface area contributed by atoms with Crippen LogP contribution in [-0.2, 0) is 32.7 Å². The number of carbonyl (C=O) groups is 2. The number of quaternary nitrogens is 1. The number of allylic oxidation sites excluding steroid dienone is 6. The lowest BCUT2D eigenvalue weighted by atomic mass is 10.0.